The topological polar surface area (TPSA) is 152 Å². The lowest BCUT2D eigenvalue weighted by Crippen LogP contribution is -2.33. The predicted molar refractivity (Wildman–Crippen MR) is 65.9 cm³/mol. The minimum Gasteiger partial charge on any atom is -0.465 e. The molecule has 9 heteroatoms. The van der Waals surface area contributed by atoms with Gasteiger partial charge in [-0.1, -0.05) is 0 Å². The van der Waals surface area contributed by atoms with Gasteiger partial charge in [-0.25, -0.2) is 4.79 Å². The van der Waals surface area contributed by atoms with Crippen LogP contribution < -0.4 is 5.32 Å². The number of nitrogens with one attached hydrogen (secondary N) is 1. The Morgan fingerprint density at radius 2 is 2.05 bits per heavy atom. The highest BCUT2D eigenvalue weighted by atomic mass is 16.6. The van der Waals surface area contributed by atoms with E-state index < -0.39 is 37.3 Å². The highest BCUT2D eigenvalue weighted by molar-refractivity contribution is 5.82. The van der Waals surface area contributed by atoms with Crippen LogP contribution in [0.3, 0.4) is 0 Å². The van der Waals surface area contributed by atoms with E-state index >= 15 is 0 Å². The molecule has 9 nitrogen and oxygen atoms in total. The van der Waals surface area contributed by atoms with Gasteiger partial charge in [0, 0.05) is 6.20 Å². The van der Waals surface area contributed by atoms with E-state index in [-0.39, 0.29) is 0 Å². The number of ether oxygens (including phenoxy) is 1. The van der Waals surface area contributed by atoms with Crippen LogP contribution in [0.25, 0.3) is 0 Å². The Bertz CT molecular complexity index is 416. The molecular weight excluding hydrogens is 272 g/mol. The fourth-order valence-corrected chi connectivity index (χ4v) is 1.44. The highest BCUT2D eigenvalue weighted by Crippen LogP contribution is 2.18. The van der Waals surface area contributed by atoms with Gasteiger partial charge in [0.2, 0.25) is 0 Å². The molecule has 2 heterocycles. The summed E-state index contributed by atoms with van der Waals surface area (Å²) in [4.78, 5) is 13.7. The van der Waals surface area contributed by atoms with E-state index in [0.29, 0.717) is 5.69 Å². The van der Waals surface area contributed by atoms with Crippen molar-refractivity contribution in [1.29, 1.82) is 0 Å². The van der Waals surface area contributed by atoms with E-state index in [1.807, 2.05) is 0 Å². The zero-order valence-electron chi connectivity index (χ0n) is 10.3. The number of hydrogen-bond acceptors (Lipinski definition) is 7. The molecule has 0 aliphatic carbocycles. The summed E-state index contributed by atoms with van der Waals surface area (Å²) in [6.45, 7) is -0.407. The molecule has 2 rings (SSSR count). The predicted octanol–water partition coefficient (Wildman–Crippen LogP) is -1.41. The number of aliphatic hydroxyl groups excluding tert-OH is 4. The van der Waals surface area contributed by atoms with Crippen molar-refractivity contribution in [3.8, 4) is 0 Å². The fourth-order valence-electron chi connectivity index (χ4n) is 1.44. The lowest BCUT2D eigenvalue weighted by molar-refractivity contribution is -0.132. The summed E-state index contributed by atoms with van der Waals surface area (Å²) in [6.07, 6.45) is -2.82. The molecule has 0 aromatic carbocycles. The standard InChI is InChI=1S/C6H6N2O2.C5H10O5/c9-6(10)8-5-2-1-3-7-4-5;6-1-2-3(7)4(8)5(9)10-2/h1-4,8H,(H,9,10);2-9H,1H2/t;2-,3-,4-,5?/m.1/s1. The molecule has 1 fully saturated rings. The van der Waals surface area contributed by atoms with Gasteiger partial charge < -0.3 is 30.3 Å². The third-order valence-corrected chi connectivity index (χ3v) is 2.43. The molecule has 0 saturated carbocycles. The van der Waals surface area contributed by atoms with E-state index in [2.05, 4.69) is 15.0 Å². The van der Waals surface area contributed by atoms with E-state index in [4.69, 9.17) is 25.5 Å². The Balaban J connectivity index is 0.000000200. The average Bonchev–Trinajstić information content (AvgIpc) is 2.67. The van der Waals surface area contributed by atoms with Gasteiger partial charge in [-0.2, -0.15) is 0 Å². The van der Waals surface area contributed by atoms with Gasteiger partial charge in [0.25, 0.3) is 0 Å². The van der Waals surface area contributed by atoms with Crippen LogP contribution in [-0.2, 0) is 4.74 Å². The van der Waals surface area contributed by atoms with Gasteiger partial charge in [-0.05, 0) is 12.1 Å². The van der Waals surface area contributed by atoms with Crippen LogP contribution >= 0.6 is 0 Å². The monoisotopic (exact) mass is 288 g/mol. The molecule has 1 aliphatic heterocycles. The van der Waals surface area contributed by atoms with Crippen molar-refractivity contribution in [2.75, 3.05) is 11.9 Å². The van der Waals surface area contributed by atoms with Crippen LogP contribution in [-0.4, -0.2) is 67.8 Å². The average molecular weight is 288 g/mol. The maximum absolute atomic E-state index is 10.0. The van der Waals surface area contributed by atoms with Crippen molar-refractivity contribution in [3.63, 3.8) is 0 Å². The smallest absolute Gasteiger partial charge is 0.409 e. The zero-order chi connectivity index (χ0) is 15.1. The van der Waals surface area contributed by atoms with E-state index in [1.54, 1.807) is 18.3 Å². The first-order chi connectivity index (χ1) is 9.45. The largest absolute Gasteiger partial charge is 0.465 e. The zero-order valence-corrected chi connectivity index (χ0v) is 10.3. The lowest BCUT2D eigenvalue weighted by atomic mass is 10.1. The number of aromatic nitrogens is 1. The molecule has 0 spiro atoms. The van der Waals surface area contributed by atoms with E-state index in [1.165, 1.54) is 6.20 Å². The number of rotatable bonds is 2. The molecule has 6 N–H and O–H groups in total. The number of amides is 1. The third-order valence-electron chi connectivity index (χ3n) is 2.43. The molecule has 1 amide bonds. The minimum absolute atomic E-state index is 0.407. The quantitative estimate of drug-likeness (QED) is 0.388. The summed E-state index contributed by atoms with van der Waals surface area (Å²) < 4.78 is 4.54. The molecule has 112 valence electrons. The van der Waals surface area contributed by atoms with E-state index in [9.17, 15) is 4.79 Å². The summed E-state index contributed by atoms with van der Waals surface area (Å²) in [6, 6.07) is 3.28. The first kappa shape index (κ1) is 16.3. The molecule has 1 aromatic rings. The van der Waals surface area contributed by atoms with Gasteiger partial charge in [0.1, 0.15) is 18.3 Å². The van der Waals surface area contributed by atoms with Crippen LogP contribution in [0.15, 0.2) is 24.5 Å². The summed E-state index contributed by atoms with van der Waals surface area (Å²) in [5, 5.41) is 45.3. The first-order valence-corrected chi connectivity index (χ1v) is 5.66. The number of anilines is 1. The Kier molecular flexibility index (Phi) is 6.28. The molecular formula is C11H16N2O7. The Labute approximate surface area is 114 Å². The normalized spacial score (nSPS) is 28.4. The van der Waals surface area contributed by atoms with Gasteiger partial charge >= 0.3 is 6.09 Å². The SMILES string of the molecule is O=C(O)Nc1cccnc1.OC[C@H]1OC(O)[C@H](O)[C@@H]1O. The van der Waals surface area contributed by atoms with Gasteiger partial charge in [-0.15, -0.1) is 0 Å². The summed E-state index contributed by atoms with van der Waals surface area (Å²) in [5.74, 6) is 0. The second-order valence-corrected chi connectivity index (χ2v) is 3.90. The molecule has 1 aliphatic rings. The van der Waals surface area contributed by atoms with Crippen LogP contribution in [0.5, 0.6) is 0 Å². The van der Waals surface area contributed by atoms with Crippen molar-refractivity contribution < 1.29 is 35.1 Å². The third kappa shape index (κ3) is 4.72. The number of nitrogens with zero attached hydrogens (tertiary/aromatic N) is 1. The Hall–Kier alpha value is -1.78. The number of carboxylic acid groups (broad SMARTS) is 1. The van der Waals surface area contributed by atoms with Crippen LogP contribution in [0, 0.1) is 0 Å². The number of pyridine rings is 1. The van der Waals surface area contributed by atoms with Crippen LogP contribution in [0.1, 0.15) is 0 Å². The summed E-state index contributed by atoms with van der Waals surface area (Å²) in [5.41, 5.74) is 0.481. The molecule has 20 heavy (non-hydrogen) atoms. The van der Waals surface area contributed by atoms with Crippen molar-refractivity contribution in [2.24, 2.45) is 0 Å². The lowest BCUT2D eigenvalue weighted by Gasteiger charge is -2.09. The first-order valence-electron chi connectivity index (χ1n) is 5.66. The van der Waals surface area contributed by atoms with E-state index in [0.717, 1.165) is 0 Å². The van der Waals surface area contributed by atoms with Gasteiger partial charge in [-0.3, -0.25) is 10.3 Å². The minimum atomic E-state index is -1.38. The second-order valence-electron chi connectivity index (χ2n) is 3.90. The second kappa shape index (κ2) is 7.72. The number of carbonyl (C=O) groups is 1. The van der Waals surface area contributed by atoms with Gasteiger partial charge in [0.05, 0.1) is 18.5 Å². The van der Waals surface area contributed by atoms with Crippen molar-refractivity contribution in [1.82, 2.24) is 4.98 Å². The summed E-state index contributed by atoms with van der Waals surface area (Å²) in [7, 11) is 0. The fraction of sp³-hybridized carbons (Fsp3) is 0.455. The van der Waals surface area contributed by atoms with Crippen LogP contribution in [0.4, 0.5) is 10.5 Å². The van der Waals surface area contributed by atoms with Crippen molar-refractivity contribution in [3.05, 3.63) is 24.5 Å². The van der Waals surface area contributed by atoms with Crippen LogP contribution in [0.2, 0.25) is 0 Å². The van der Waals surface area contributed by atoms with Gasteiger partial charge in [0.15, 0.2) is 6.29 Å². The summed E-state index contributed by atoms with van der Waals surface area (Å²) >= 11 is 0. The molecule has 1 aromatic heterocycles. The molecule has 0 bridgehead atoms. The van der Waals surface area contributed by atoms with Crippen molar-refractivity contribution in [2.45, 2.75) is 24.6 Å². The van der Waals surface area contributed by atoms with Crippen molar-refractivity contribution >= 4 is 11.8 Å². The highest BCUT2D eigenvalue weighted by Gasteiger charge is 2.41. The number of hydrogen-bond donors (Lipinski definition) is 6. The Morgan fingerprint density at radius 3 is 2.40 bits per heavy atom. The maximum atomic E-state index is 10.0. The number of aliphatic hydroxyl groups is 4. The maximum Gasteiger partial charge on any atom is 0.409 e. The molecule has 4 atom stereocenters. The Morgan fingerprint density at radius 1 is 1.35 bits per heavy atom. The molecule has 0 radical (unpaired) electrons. The molecule has 1 unspecified atom stereocenters. The molecule has 1 saturated heterocycles.